The highest BCUT2D eigenvalue weighted by Gasteiger charge is 2.31. The minimum absolute atomic E-state index is 0.131. The number of aliphatic imine (C=N–C) groups is 1. The Kier molecular flexibility index (Phi) is 5.93. The van der Waals surface area contributed by atoms with Crippen molar-refractivity contribution in [3.63, 3.8) is 0 Å². The van der Waals surface area contributed by atoms with Crippen molar-refractivity contribution in [3.05, 3.63) is 42.5 Å². The lowest BCUT2D eigenvalue weighted by Gasteiger charge is -2.08. The summed E-state index contributed by atoms with van der Waals surface area (Å²) < 4.78 is 0. The first-order valence-corrected chi connectivity index (χ1v) is 9.70. The van der Waals surface area contributed by atoms with Gasteiger partial charge in [0.2, 0.25) is 11.8 Å². The van der Waals surface area contributed by atoms with Gasteiger partial charge in [-0.05, 0) is 35.2 Å². The van der Waals surface area contributed by atoms with Gasteiger partial charge in [0, 0.05) is 18.7 Å². The van der Waals surface area contributed by atoms with Gasteiger partial charge in [-0.25, -0.2) is 0 Å². The van der Waals surface area contributed by atoms with Gasteiger partial charge in [-0.2, -0.15) is 0 Å². The number of carbonyl (C=O) groups is 2. The van der Waals surface area contributed by atoms with E-state index in [1.165, 1.54) is 11.8 Å². The maximum atomic E-state index is 12.3. The summed E-state index contributed by atoms with van der Waals surface area (Å²) in [6.07, 6.45) is 1.11. The summed E-state index contributed by atoms with van der Waals surface area (Å²) in [5, 5.41) is 8.04. The third-order valence-electron chi connectivity index (χ3n) is 4.14. The second-order valence-electron chi connectivity index (χ2n) is 6.78. The van der Waals surface area contributed by atoms with E-state index in [0.29, 0.717) is 17.6 Å². The molecule has 2 aromatic rings. The zero-order valence-electron chi connectivity index (χ0n) is 15.0. The summed E-state index contributed by atoms with van der Waals surface area (Å²) in [4.78, 5) is 28.8. The number of benzene rings is 2. The van der Waals surface area contributed by atoms with Gasteiger partial charge in [0.05, 0.1) is 0 Å². The number of carbonyl (C=O) groups excluding carboxylic acids is 2. The minimum Gasteiger partial charge on any atom is -0.326 e. The maximum Gasteiger partial charge on any atom is 0.240 e. The fourth-order valence-electron chi connectivity index (χ4n) is 2.69. The SMILES string of the molecule is CC(C)CCN=C1NC(=O)[C@H](CC(=O)Nc2ccc3ccccc3c2)S1. The third kappa shape index (κ3) is 4.85. The second kappa shape index (κ2) is 8.36. The lowest BCUT2D eigenvalue weighted by Crippen LogP contribution is -2.28. The molecule has 1 fully saturated rings. The highest BCUT2D eigenvalue weighted by molar-refractivity contribution is 8.15. The number of hydrogen-bond donors (Lipinski definition) is 2. The summed E-state index contributed by atoms with van der Waals surface area (Å²) in [6.45, 7) is 4.97. The van der Waals surface area contributed by atoms with E-state index in [4.69, 9.17) is 0 Å². The number of nitrogens with one attached hydrogen (secondary N) is 2. The fraction of sp³-hybridized carbons (Fsp3) is 0.350. The van der Waals surface area contributed by atoms with Crippen molar-refractivity contribution in [2.45, 2.75) is 31.9 Å². The maximum absolute atomic E-state index is 12.3. The third-order valence-corrected chi connectivity index (χ3v) is 5.26. The Morgan fingerprint density at radius 1 is 1.23 bits per heavy atom. The van der Waals surface area contributed by atoms with E-state index in [1.807, 2.05) is 42.5 Å². The Labute approximate surface area is 157 Å². The molecule has 1 saturated heterocycles. The van der Waals surface area contributed by atoms with Gasteiger partial charge in [0.1, 0.15) is 5.25 Å². The minimum atomic E-state index is -0.423. The van der Waals surface area contributed by atoms with Crippen LogP contribution in [0.5, 0.6) is 0 Å². The van der Waals surface area contributed by atoms with Crippen LogP contribution in [-0.4, -0.2) is 28.8 Å². The van der Waals surface area contributed by atoms with E-state index in [-0.39, 0.29) is 18.2 Å². The van der Waals surface area contributed by atoms with Crippen LogP contribution in [0.2, 0.25) is 0 Å². The van der Waals surface area contributed by atoms with E-state index in [9.17, 15) is 9.59 Å². The molecule has 1 aliphatic heterocycles. The molecule has 1 atom stereocenters. The highest BCUT2D eigenvalue weighted by Crippen LogP contribution is 2.24. The summed E-state index contributed by atoms with van der Waals surface area (Å²) >= 11 is 1.34. The molecule has 136 valence electrons. The predicted octanol–water partition coefficient (Wildman–Crippen LogP) is 3.80. The van der Waals surface area contributed by atoms with Crippen molar-refractivity contribution in [1.82, 2.24) is 5.32 Å². The predicted molar refractivity (Wildman–Crippen MR) is 108 cm³/mol. The molecule has 6 heteroatoms. The number of nitrogens with zero attached hydrogens (tertiary/aromatic N) is 1. The summed E-state index contributed by atoms with van der Waals surface area (Å²) in [7, 11) is 0. The Morgan fingerprint density at radius 3 is 2.77 bits per heavy atom. The summed E-state index contributed by atoms with van der Waals surface area (Å²) in [6, 6.07) is 13.8. The molecule has 0 aromatic heterocycles. The van der Waals surface area contributed by atoms with Crippen LogP contribution in [0.4, 0.5) is 5.69 Å². The number of anilines is 1. The van der Waals surface area contributed by atoms with Crippen molar-refractivity contribution >= 4 is 45.2 Å². The monoisotopic (exact) mass is 369 g/mol. The molecule has 0 saturated carbocycles. The molecule has 1 heterocycles. The van der Waals surface area contributed by atoms with Crippen molar-refractivity contribution in [2.24, 2.45) is 10.9 Å². The molecule has 2 N–H and O–H groups in total. The number of hydrogen-bond acceptors (Lipinski definition) is 4. The van der Waals surface area contributed by atoms with Gasteiger partial charge in [-0.15, -0.1) is 0 Å². The van der Waals surface area contributed by atoms with Gasteiger partial charge >= 0.3 is 0 Å². The van der Waals surface area contributed by atoms with Crippen LogP contribution < -0.4 is 10.6 Å². The standard InChI is InChI=1S/C20H23N3O2S/c1-13(2)9-10-21-20-23-19(25)17(26-20)12-18(24)22-16-8-7-14-5-3-4-6-15(14)11-16/h3-8,11,13,17H,9-10,12H2,1-2H3,(H,22,24)(H,21,23,25)/t17-/m0/s1. The quantitative estimate of drug-likeness (QED) is 0.813. The lowest BCUT2D eigenvalue weighted by atomic mass is 10.1. The van der Waals surface area contributed by atoms with Crippen LogP contribution in [-0.2, 0) is 9.59 Å². The van der Waals surface area contributed by atoms with Crippen LogP contribution >= 0.6 is 11.8 Å². The number of thioether (sulfide) groups is 1. The molecule has 0 radical (unpaired) electrons. The van der Waals surface area contributed by atoms with Crippen LogP contribution in [0, 0.1) is 5.92 Å². The molecule has 0 spiro atoms. The molecule has 5 nitrogen and oxygen atoms in total. The van der Waals surface area contributed by atoms with E-state index < -0.39 is 5.25 Å². The zero-order chi connectivity index (χ0) is 18.5. The van der Waals surface area contributed by atoms with E-state index >= 15 is 0 Å². The molecule has 3 rings (SSSR count). The average molecular weight is 369 g/mol. The zero-order valence-corrected chi connectivity index (χ0v) is 15.8. The van der Waals surface area contributed by atoms with Gasteiger partial charge < -0.3 is 10.6 Å². The van der Waals surface area contributed by atoms with Crippen LogP contribution in [0.3, 0.4) is 0 Å². The molecule has 0 aliphatic carbocycles. The molecular formula is C20H23N3O2S. The van der Waals surface area contributed by atoms with Crippen molar-refractivity contribution < 1.29 is 9.59 Å². The van der Waals surface area contributed by atoms with Crippen molar-refractivity contribution in [1.29, 1.82) is 0 Å². The number of fused-ring (bicyclic) bond motifs is 1. The number of rotatable bonds is 6. The Bertz CT molecular complexity index is 848. The molecular weight excluding hydrogens is 346 g/mol. The number of amides is 2. The van der Waals surface area contributed by atoms with Crippen molar-refractivity contribution in [2.75, 3.05) is 11.9 Å². The fourth-order valence-corrected chi connectivity index (χ4v) is 3.68. The van der Waals surface area contributed by atoms with E-state index in [0.717, 1.165) is 22.9 Å². The molecule has 26 heavy (non-hydrogen) atoms. The normalized spacial score (nSPS) is 18.5. The first-order chi connectivity index (χ1) is 12.5. The summed E-state index contributed by atoms with van der Waals surface area (Å²) in [5.41, 5.74) is 0.739. The molecule has 0 unspecified atom stereocenters. The first kappa shape index (κ1) is 18.5. The Morgan fingerprint density at radius 2 is 2.00 bits per heavy atom. The van der Waals surface area contributed by atoms with Gasteiger partial charge in [0.25, 0.3) is 0 Å². The summed E-state index contributed by atoms with van der Waals surface area (Å²) in [5.74, 6) is 0.258. The van der Waals surface area contributed by atoms with E-state index in [1.54, 1.807) is 0 Å². The molecule has 0 bridgehead atoms. The topological polar surface area (TPSA) is 70.6 Å². The lowest BCUT2D eigenvalue weighted by molar-refractivity contribution is -0.122. The van der Waals surface area contributed by atoms with Crippen LogP contribution in [0.25, 0.3) is 10.8 Å². The van der Waals surface area contributed by atoms with Crippen molar-refractivity contribution in [3.8, 4) is 0 Å². The Balaban J connectivity index is 1.56. The Hall–Kier alpha value is -2.34. The first-order valence-electron chi connectivity index (χ1n) is 8.82. The molecule has 2 amide bonds. The second-order valence-corrected chi connectivity index (χ2v) is 7.97. The highest BCUT2D eigenvalue weighted by atomic mass is 32.2. The van der Waals surface area contributed by atoms with Gasteiger partial charge in [-0.3, -0.25) is 14.6 Å². The van der Waals surface area contributed by atoms with Crippen LogP contribution in [0.1, 0.15) is 26.7 Å². The van der Waals surface area contributed by atoms with Gasteiger partial charge in [0.15, 0.2) is 5.17 Å². The number of amidine groups is 1. The van der Waals surface area contributed by atoms with E-state index in [2.05, 4.69) is 29.5 Å². The smallest absolute Gasteiger partial charge is 0.240 e. The largest absolute Gasteiger partial charge is 0.326 e. The van der Waals surface area contributed by atoms with Gasteiger partial charge in [-0.1, -0.05) is 55.9 Å². The molecule has 2 aromatic carbocycles. The average Bonchev–Trinajstić information content (AvgIpc) is 2.94. The molecule has 1 aliphatic rings. The van der Waals surface area contributed by atoms with Crippen LogP contribution in [0.15, 0.2) is 47.5 Å².